The molecule has 13 heteroatoms. The number of benzene rings is 3. The van der Waals surface area contributed by atoms with Crippen molar-refractivity contribution >= 4 is 41.2 Å². The summed E-state index contributed by atoms with van der Waals surface area (Å²) in [5, 5.41) is 11.1. The SMILES string of the molecule is COC(=O)[C@@H](C)CC(Cc1ccccc1)NC(=O)c1csc(C(CC(NC(=O)C2(NC(=O)OCC3c4ccccc4-c4ccccc43)CCC2)C(C)C)OC(C)=O)n1. The second-order valence-corrected chi connectivity index (χ2v) is 16.5. The van der Waals surface area contributed by atoms with E-state index < -0.39 is 41.6 Å². The van der Waals surface area contributed by atoms with Crippen LogP contribution in [-0.2, 0) is 35.0 Å². The van der Waals surface area contributed by atoms with Crippen LogP contribution >= 0.6 is 11.3 Å². The van der Waals surface area contributed by atoms with Crippen molar-refractivity contribution in [1.29, 1.82) is 0 Å². The summed E-state index contributed by atoms with van der Waals surface area (Å²) in [7, 11) is 1.34. The Morgan fingerprint density at radius 2 is 1.50 bits per heavy atom. The highest BCUT2D eigenvalue weighted by molar-refractivity contribution is 7.09. The molecule has 0 radical (unpaired) electrons. The van der Waals surface area contributed by atoms with E-state index in [0.29, 0.717) is 30.7 Å². The number of methoxy groups -OCH3 is 1. The van der Waals surface area contributed by atoms with E-state index in [1.807, 2.05) is 68.4 Å². The third-order valence-corrected chi connectivity index (χ3v) is 12.1. The standard InChI is InChI=1S/C45H52N4O8S/c1-27(2)37(48-43(53)45(20-13-21-45)49-44(54)56-25-36-34-18-11-9-16-32(34)33-17-10-12-19-35(33)36)24-39(57-29(4)50)41-47-38(26-58-41)40(51)46-31(22-28(3)42(52)55-5)23-30-14-7-6-8-15-30/h6-12,14-19,26-28,31,36-37,39H,13,20-25H2,1-5H3,(H,46,51)(H,48,53)(H,49,54)/t28-,31?,37?,39?/m0/s1. The molecule has 2 aliphatic carbocycles. The van der Waals surface area contributed by atoms with Gasteiger partial charge in [-0.2, -0.15) is 0 Å². The molecule has 4 aromatic rings. The van der Waals surface area contributed by atoms with Gasteiger partial charge in [0.2, 0.25) is 5.91 Å². The monoisotopic (exact) mass is 808 g/mol. The average molecular weight is 809 g/mol. The van der Waals surface area contributed by atoms with Crippen molar-refractivity contribution in [2.45, 2.75) is 95.9 Å². The van der Waals surface area contributed by atoms with E-state index in [1.165, 1.54) is 25.4 Å². The lowest BCUT2D eigenvalue weighted by molar-refractivity contribution is -0.148. The molecule has 3 N–H and O–H groups in total. The largest absolute Gasteiger partial charge is 0.469 e. The summed E-state index contributed by atoms with van der Waals surface area (Å²) in [5.41, 5.74) is 4.45. The zero-order chi connectivity index (χ0) is 41.4. The first-order valence-electron chi connectivity index (χ1n) is 19.9. The molecule has 0 saturated heterocycles. The predicted octanol–water partition coefficient (Wildman–Crippen LogP) is 7.28. The number of nitrogens with one attached hydrogen (secondary N) is 3. The van der Waals surface area contributed by atoms with Crippen LogP contribution in [0.25, 0.3) is 11.1 Å². The summed E-state index contributed by atoms with van der Waals surface area (Å²) in [5.74, 6) is -2.32. The Hall–Kier alpha value is -5.56. The molecule has 306 valence electrons. The van der Waals surface area contributed by atoms with Gasteiger partial charge in [-0.05, 0) is 65.8 Å². The van der Waals surface area contributed by atoms with Crippen molar-refractivity contribution in [3.05, 3.63) is 112 Å². The normalized spacial score (nSPS) is 16.0. The summed E-state index contributed by atoms with van der Waals surface area (Å²) >= 11 is 1.18. The maximum atomic E-state index is 14.0. The lowest BCUT2D eigenvalue weighted by atomic mass is 9.75. The molecule has 3 unspecified atom stereocenters. The van der Waals surface area contributed by atoms with Gasteiger partial charge in [0.25, 0.3) is 5.91 Å². The van der Waals surface area contributed by atoms with E-state index in [1.54, 1.807) is 12.3 Å². The van der Waals surface area contributed by atoms with Gasteiger partial charge in [-0.3, -0.25) is 19.2 Å². The van der Waals surface area contributed by atoms with Crippen LogP contribution in [0.2, 0.25) is 0 Å². The summed E-state index contributed by atoms with van der Waals surface area (Å²) in [4.78, 5) is 70.1. The number of amides is 3. The quantitative estimate of drug-likeness (QED) is 0.0736. The molecule has 1 heterocycles. The number of carbonyl (C=O) groups excluding carboxylic acids is 5. The minimum absolute atomic E-state index is 0.0909. The fourth-order valence-electron chi connectivity index (χ4n) is 7.82. The van der Waals surface area contributed by atoms with Gasteiger partial charge in [-0.25, -0.2) is 9.78 Å². The van der Waals surface area contributed by atoms with Crippen molar-refractivity contribution in [2.75, 3.05) is 13.7 Å². The second-order valence-electron chi connectivity index (χ2n) is 15.6. The molecule has 3 amide bonds. The molecule has 1 aromatic heterocycles. The van der Waals surface area contributed by atoms with Gasteiger partial charge in [-0.15, -0.1) is 11.3 Å². The van der Waals surface area contributed by atoms with Crippen LogP contribution in [0.1, 0.15) is 104 Å². The number of carbonyl (C=O) groups is 5. The van der Waals surface area contributed by atoms with Crippen LogP contribution in [0, 0.1) is 11.8 Å². The number of rotatable bonds is 17. The van der Waals surface area contributed by atoms with Crippen LogP contribution < -0.4 is 16.0 Å². The third-order valence-electron chi connectivity index (χ3n) is 11.2. The smallest absolute Gasteiger partial charge is 0.408 e. The fourth-order valence-corrected chi connectivity index (χ4v) is 8.66. The zero-order valence-corrected chi connectivity index (χ0v) is 34.4. The molecule has 1 saturated carbocycles. The van der Waals surface area contributed by atoms with Gasteiger partial charge in [0.05, 0.1) is 13.0 Å². The number of ether oxygens (including phenoxy) is 3. The molecule has 4 atom stereocenters. The lowest BCUT2D eigenvalue weighted by Gasteiger charge is -2.41. The molecule has 58 heavy (non-hydrogen) atoms. The number of nitrogens with zero attached hydrogens (tertiary/aromatic N) is 1. The van der Waals surface area contributed by atoms with Crippen LogP contribution in [-0.4, -0.2) is 66.2 Å². The van der Waals surface area contributed by atoms with Crippen molar-refractivity contribution in [2.24, 2.45) is 11.8 Å². The number of fused-ring (bicyclic) bond motifs is 3. The van der Waals surface area contributed by atoms with Crippen molar-refractivity contribution in [3.8, 4) is 11.1 Å². The number of alkyl carbamates (subject to hydrolysis) is 1. The summed E-state index contributed by atoms with van der Waals surface area (Å²) < 4.78 is 16.5. The summed E-state index contributed by atoms with van der Waals surface area (Å²) in [6.45, 7) is 7.09. The van der Waals surface area contributed by atoms with Gasteiger partial charge in [0.15, 0.2) is 6.10 Å². The number of hydrogen-bond acceptors (Lipinski definition) is 10. The van der Waals surface area contributed by atoms with Gasteiger partial charge in [-0.1, -0.05) is 99.6 Å². The first-order chi connectivity index (χ1) is 27.9. The van der Waals surface area contributed by atoms with Gasteiger partial charge < -0.3 is 30.2 Å². The van der Waals surface area contributed by atoms with Crippen LogP contribution in [0.4, 0.5) is 4.79 Å². The molecule has 1 fully saturated rings. The molecule has 12 nitrogen and oxygen atoms in total. The van der Waals surface area contributed by atoms with E-state index in [4.69, 9.17) is 14.2 Å². The molecule has 0 spiro atoms. The number of hydrogen-bond donors (Lipinski definition) is 3. The average Bonchev–Trinajstić information content (AvgIpc) is 3.81. The van der Waals surface area contributed by atoms with Crippen molar-refractivity contribution < 1.29 is 38.2 Å². The highest BCUT2D eigenvalue weighted by atomic mass is 32.1. The first-order valence-corrected chi connectivity index (χ1v) is 20.7. The van der Waals surface area contributed by atoms with Crippen LogP contribution in [0.5, 0.6) is 0 Å². The maximum Gasteiger partial charge on any atom is 0.408 e. The Morgan fingerprint density at radius 3 is 2.09 bits per heavy atom. The number of thiazole rings is 1. The van der Waals surface area contributed by atoms with E-state index in [0.717, 1.165) is 34.2 Å². The van der Waals surface area contributed by atoms with E-state index >= 15 is 0 Å². The fraction of sp³-hybridized carbons (Fsp3) is 0.422. The van der Waals surface area contributed by atoms with Crippen LogP contribution in [0.3, 0.4) is 0 Å². The van der Waals surface area contributed by atoms with Crippen molar-refractivity contribution in [3.63, 3.8) is 0 Å². The highest BCUT2D eigenvalue weighted by Crippen LogP contribution is 2.44. The molecular weight excluding hydrogens is 757 g/mol. The Morgan fingerprint density at radius 1 is 0.862 bits per heavy atom. The topological polar surface area (TPSA) is 162 Å². The summed E-state index contributed by atoms with van der Waals surface area (Å²) in [6.07, 6.45) is 1.19. The molecule has 0 aliphatic heterocycles. The minimum atomic E-state index is -1.14. The number of aromatic nitrogens is 1. The number of esters is 2. The molecular formula is C45H52N4O8S. The van der Waals surface area contributed by atoms with Crippen molar-refractivity contribution in [1.82, 2.24) is 20.9 Å². The third kappa shape index (κ3) is 9.93. The highest BCUT2D eigenvalue weighted by Gasteiger charge is 2.47. The van der Waals surface area contributed by atoms with E-state index in [9.17, 15) is 24.0 Å². The zero-order valence-electron chi connectivity index (χ0n) is 33.6. The Kier molecular flexibility index (Phi) is 13.6. The Bertz CT molecular complexity index is 2050. The molecule has 2 aliphatic rings. The lowest BCUT2D eigenvalue weighted by Crippen LogP contribution is -2.64. The Balaban J connectivity index is 1.10. The molecule has 6 rings (SSSR count). The van der Waals surface area contributed by atoms with Crippen LogP contribution in [0.15, 0.2) is 84.2 Å². The van der Waals surface area contributed by atoms with Gasteiger partial charge in [0.1, 0.15) is 22.8 Å². The van der Waals surface area contributed by atoms with Gasteiger partial charge in [0, 0.05) is 36.7 Å². The van der Waals surface area contributed by atoms with E-state index in [-0.39, 0.29) is 48.5 Å². The predicted molar refractivity (Wildman–Crippen MR) is 220 cm³/mol. The molecule has 3 aromatic carbocycles. The summed E-state index contributed by atoms with van der Waals surface area (Å²) in [6, 6.07) is 25.0. The van der Waals surface area contributed by atoms with E-state index in [2.05, 4.69) is 45.2 Å². The Labute approximate surface area is 343 Å². The molecule has 0 bridgehead atoms. The minimum Gasteiger partial charge on any atom is -0.469 e. The maximum absolute atomic E-state index is 14.0. The first kappa shape index (κ1) is 42.1. The van der Waals surface area contributed by atoms with Gasteiger partial charge >= 0.3 is 18.0 Å². The second kappa shape index (κ2) is 18.8.